The Balaban J connectivity index is 1.92. The average Bonchev–Trinajstić information content (AvgIpc) is 2.84. The van der Waals surface area contributed by atoms with Crippen LogP contribution < -0.4 is 5.73 Å². The zero-order chi connectivity index (χ0) is 13.0. The van der Waals surface area contributed by atoms with E-state index in [1.165, 1.54) is 36.1 Å². The van der Waals surface area contributed by atoms with Crippen LogP contribution in [0.3, 0.4) is 0 Å². The summed E-state index contributed by atoms with van der Waals surface area (Å²) in [5.41, 5.74) is 7.40. The van der Waals surface area contributed by atoms with Gasteiger partial charge in [0.1, 0.15) is 0 Å². The van der Waals surface area contributed by atoms with E-state index < -0.39 is 0 Å². The van der Waals surface area contributed by atoms with Gasteiger partial charge in [0, 0.05) is 10.1 Å². The van der Waals surface area contributed by atoms with E-state index >= 15 is 0 Å². The van der Waals surface area contributed by atoms with Crippen LogP contribution in [0.5, 0.6) is 0 Å². The van der Waals surface area contributed by atoms with Crippen LogP contribution in [0.2, 0.25) is 0 Å². The van der Waals surface area contributed by atoms with Gasteiger partial charge in [0.25, 0.3) is 0 Å². The van der Waals surface area contributed by atoms with Crippen molar-refractivity contribution >= 4 is 11.8 Å². The normalized spacial score (nSPS) is 17.3. The van der Waals surface area contributed by atoms with Gasteiger partial charge in [0.15, 0.2) is 0 Å². The van der Waals surface area contributed by atoms with Crippen LogP contribution in [-0.2, 0) is 6.42 Å². The Hall–Kier alpha value is -0.470. The lowest BCUT2D eigenvalue weighted by atomic mass is 9.86. The molecule has 0 unspecified atom stereocenters. The first-order chi connectivity index (χ1) is 8.59. The van der Waals surface area contributed by atoms with Gasteiger partial charge in [0.05, 0.1) is 0 Å². The highest BCUT2D eigenvalue weighted by atomic mass is 32.2. The molecular formula is C16H25NS. The first-order valence-corrected chi connectivity index (χ1v) is 7.93. The van der Waals surface area contributed by atoms with E-state index in [-0.39, 0.29) is 5.41 Å². The van der Waals surface area contributed by atoms with E-state index in [4.69, 9.17) is 5.73 Å². The van der Waals surface area contributed by atoms with Crippen LogP contribution in [-0.4, -0.2) is 11.8 Å². The molecule has 1 saturated carbocycles. The number of thioether (sulfide) groups is 1. The molecule has 0 bridgehead atoms. The molecule has 18 heavy (non-hydrogen) atoms. The lowest BCUT2D eigenvalue weighted by Gasteiger charge is -2.22. The largest absolute Gasteiger partial charge is 0.330 e. The third kappa shape index (κ3) is 4.03. The summed E-state index contributed by atoms with van der Waals surface area (Å²) < 4.78 is 0. The predicted octanol–water partition coefficient (Wildman–Crippen LogP) is 4.25. The van der Waals surface area contributed by atoms with Crippen LogP contribution in [0.15, 0.2) is 29.2 Å². The van der Waals surface area contributed by atoms with Gasteiger partial charge < -0.3 is 5.73 Å². The average molecular weight is 263 g/mol. The van der Waals surface area contributed by atoms with Gasteiger partial charge in [-0.25, -0.2) is 0 Å². The molecule has 2 rings (SSSR count). The Morgan fingerprint density at radius 1 is 1.17 bits per heavy atom. The Morgan fingerprint density at radius 2 is 1.78 bits per heavy atom. The first kappa shape index (κ1) is 14.0. The van der Waals surface area contributed by atoms with E-state index in [9.17, 15) is 0 Å². The van der Waals surface area contributed by atoms with Crippen molar-refractivity contribution in [3.05, 3.63) is 29.8 Å². The van der Waals surface area contributed by atoms with Crippen molar-refractivity contribution in [3.63, 3.8) is 0 Å². The second-order valence-electron chi connectivity index (χ2n) is 6.21. The SMILES string of the molecule is CC(C)(CN)Cc1ccc(SC2CCCC2)cc1. The van der Waals surface area contributed by atoms with Gasteiger partial charge in [-0.1, -0.05) is 38.8 Å². The minimum atomic E-state index is 0.208. The minimum Gasteiger partial charge on any atom is -0.330 e. The van der Waals surface area contributed by atoms with E-state index in [1.807, 2.05) is 0 Å². The van der Waals surface area contributed by atoms with E-state index in [1.54, 1.807) is 0 Å². The van der Waals surface area contributed by atoms with Gasteiger partial charge >= 0.3 is 0 Å². The Labute approximate surface area is 116 Å². The number of rotatable bonds is 5. The van der Waals surface area contributed by atoms with Gasteiger partial charge in [-0.05, 0) is 48.9 Å². The molecule has 1 aromatic rings. The highest BCUT2D eigenvalue weighted by Gasteiger charge is 2.17. The Morgan fingerprint density at radius 3 is 2.33 bits per heavy atom. The molecule has 1 fully saturated rings. The second-order valence-corrected chi connectivity index (χ2v) is 7.59. The molecule has 1 nitrogen and oxygen atoms in total. The third-order valence-corrected chi connectivity index (χ3v) is 5.11. The highest BCUT2D eigenvalue weighted by molar-refractivity contribution is 8.00. The van der Waals surface area contributed by atoms with Crippen LogP contribution in [0.25, 0.3) is 0 Å². The number of hydrogen-bond donors (Lipinski definition) is 1. The molecule has 1 aliphatic carbocycles. The summed E-state index contributed by atoms with van der Waals surface area (Å²) in [5.74, 6) is 0. The van der Waals surface area contributed by atoms with Crippen LogP contribution in [0.4, 0.5) is 0 Å². The maximum atomic E-state index is 5.79. The molecule has 0 amide bonds. The predicted molar refractivity (Wildman–Crippen MR) is 81.1 cm³/mol. The molecule has 100 valence electrons. The summed E-state index contributed by atoms with van der Waals surface area (Å²) in [6.45, 7) is 5.20. The summed E-state index contributed by atoms with van der Waals surface area (Å²) in [6.07, 6.45) is 6.69. The summed E-state index contributed by atoms with van der Waals surface area (Å²) in [4.78, 5) is 1.43. The molecule has 0 spiro atoms. The molecule has 2 N–H and O–H groups in total. The monoisotopic (exact) mass is 263 g/mol. The van der Waals surface area contributed by atoms with Crippen molar-refractivity contribution in [1.29, 1.82) is 0 Å². The fourth-order valence-corrected chi connectivity index (χ4v) is 3.76. The number of benzene rings is 1. The van der Waals surface area contributed by atoms with Crippen molar-refractivity contribution in [3.8, 4) is 0 Å². The molecule has 0 saturated heterocycles. The smallest absolute Gasteiger partial charge is 0.00944 e. The third-order valence-electron chi connectivity index (χ3n) is 3.76. The maximum absolute atomic E-state index is 5.79. The van der Waals surface area contributed by atoms with Crippen molar-refractivity contribution < 1.29 is 0 Å². The van der Waals surface area contributed by atoms with Crippen LogP contribution >= 0.6 is 11.8 Å². The van der Waals surface area contributed by atoms with Crippen molar-refractivity contribution in [1.82, 2.24) is 0 Å². The van der Waals surface area contributed by atoms with Crippen molar-refractivity contribution in [2.24, 2.45) is 11.1 Å². The number of nitrogens with two attached hydrogens (primary N) is 1. The molecule has 0 atom stereocenters. The molecule has 0 aliphatic heterocycles. The molecule has 1 aromatic carbocycles. The fourth-order valence-electron chi connectivity index (χ4n) is 2.51. The van der Waals surface area contributed by atoms with E-state index in [0.717, 1.165) is 18.2 Å². The Kier molecular flexibility index (Phi) is 4.74. The lowest BCUT2D eigenvalue weighted by molar-refractivity contribution is 0.376. The van der Waals surface area contributed by atoms with E-state index in [2.05, 4.69) is 49.9 Å². The summed E-state index contributed by atoms with van der Waals surface area (Å²) in [5, 5.41) is 0.858. The highest BCUT2D eigenvalue weighted by Crippen LogP contribution is 2.34. The summed E-state index contributed by atoms with van der Waals surface area (Å²) >= 11 is 2.06. The van der Waals surface area contributed by atoms with Gasteiger partial charge in [0.2, 0.25) is 0 Å². The topological polar surface area (TPSA) is 26.0 Å². The zero-order valence-electron chi connectivity index (χ0n) is 11.6. The molecule has 0 aromatic heterocycles. The summed E-state index contributed by atoms with van der Waals surface area (Å²) in [7, 11) is 0. The zero-order valence-corrected chi connectivity index (χ0v) is 12.4. The molecular weight excluding hydrogens is 238 g/mol. The standard InChI is InChI=1S/C16H25NS/c1-16(2,12-17)11-13-7-9-15(10-8-13)18-14-5-3-4-6-14/h7-10,14H,3-6,11-12,17H2,1-2H3. The molecule has 0 radical (unpaired) electrons. The van der Waals surface area contributed by atoms with Gasteiger partial charge in [-0.2, -0.15) is 0 Å². The van der Waals surface area contributed by atoms with Gasteiger partial charge in [-0.15, -0.1) is 11.8 Å². The lowest BCUT2D eigenvalue weighted by Crippen LogP contribution is -2.25. The van der Waals surface area contributed by atoms with Crippen LogP contribution in [0, 0.1) is 5.41 Å². The molecule has 2 heteroatoms. The van der Waals surface area contributed by atoms with Crippen molar-refractivity contribution in [2.75, 3.05) is 6.54 Å². The maximum Gasteiger partial charge on any atom is 0.00944 e. The minimum absolute atomic E-state index is 0.208. The van der Waals surface area contributed by atoms with Crippen LogP contribution in [0.1, 0.15) is 45.1 Å². The second kappa shape index (κ2) is 6.12. The quantitative estimate of drug-likeness (QED) is 0.859. The Bertz CT molecular complexity index is 363. The molecule has 0 heterocycles. The van der Waals surface area contributed by atoms with E-state index in [0.29, 0.717) is 0 Å². The fraction of sp³-hybridized carbons (Fsp3) is 0.625. The first-order valence-electron chi connectivity index (χ1n) is 7.05. The van der Waals surface area contributed by atoms with Gasteiger partial charge in [-0.3, -0.25) is 0 Å². The molecule has 1 aliphatic rings. The number of hydrogen-bond acceptors (Lipinski definition) is 2. The summed E-state index contributed by atoms with van der Waals surface area (Å²) in [6, 6.07) is 9.11. The van der Waals surface area contributed by atoms with Crippen molar-refractivity contribution in [2.45, 2.75) is 56.1 Å².